The lowest BCUT2D eigenvalue weighted by Crippen LogP contribution is -1.89. The molecule has 0 aliphatic heterocycles. The molecule has 2 N–H and O–H groups in total. The van der Waals surface area contributed by atoms with E-state index in [1.165, 1.54) is 36.1 Å². The van der Waals surface area contributed by atoms with Crippen LogP contribution in [0.5, 0.6) is 0 Å². The number of ether oxygens (including phenoxy) is 1. The van der Waals surface area contributed by atoms with Gasteiger partial charge in [0.2, 0.25) is 0 Å². The van der Waals surface area contributed by atoms with E-state index in [0.717, 1.165) is 29.9 Å². The number of hydrogen-bond donors (Lipinski definition) is 2. The molecule has 1 atom stereocenters. The van der Waals surface area contributed by atoms with E-state index < -0.39 is 0 Å². The van der Waals surface area contributed by atoms with E-state index in [1.807, 2.05) is 26.0 Å². The van der Waals surface area contributed by atoms with Crippen LogP contribution in [-0.2, 0) is 4.74 Å². The molecule has 0 amide bonds. The van der Waals surface area contributed by atoms with Crippen molar-refractivity contribution >= 4 is 22.6 Å². The van der Waals surface area contributed by atoms with Crippen LogP contribution in [0.4, 0.5) is 0 Å². The first kappa shape index (κ1) is 40.3. The van der Waals surface area contributed by atoms with Crippen molar-refractivity contribution in [2.75, 3.05) is 7.11 Å². The van der Waals surface area contributed by atoms with Crippen molar-refractivity contribution in [3.8, 4) is 0 Å². The third-order valence-electron chi connectivity index (χ3n) is 5.80. The maximum absolute atomic E-state index is 10.1. The Balaban J connectivity index is 0. The summed E-state index contributed by atoms with van der Waals surface area (Å²) < 4.78 is 5.08. The molecule has 0 saturated heterocycles. The largest absolute Gasteiger partial charge is 0.504 e. The first-order valence-corrected chi connectivity index (χ1v) is 16.1. The molecule has 1 aliphatic rings. The van der Waals surface area contributed by atoms with E-state index in [-0.39, 0.29) is 5.76 Å². The lowest BCUT2D eigenvalue weighted by molar-refractivity contribution is 0.262. The number of methoxy groups -OCH3 is 1. The average Bonchev–Trinajstić information content (AvgIpc) is 3.72. The van der Waals surface area contributed by atoms with Crippen LogP contribution in [0.1, 0.15) is 129 Å². The molecular weight excluding hydrogens is 522 g/mol. The fourth-order valence-electron chi connectivity index (χ4n) is 3.10. The zero-order valence-electron chi connectivity index (χ0n) is 27.7. The summed E-state index contributed by atoms with van der Waals surface area (Å²) in [5.74, 6) is 2.05. The normalized spacial score (nSPS) is 13.4. The molecular formula is C37H59NO2S. The third kappa shape index (κ3) is 20.6. The van der Waals surface area contributed by atoms with Gasteiger partial charge in [-0.05, 0) is 92.5 Å². The second-order valence-corrected chi connectivity index (χ2v) is 10.8. The Morgan fingerprint density at radius 2 is 1.66 bits per heavy atom. The summed E-state index contributed by atoms with van der Waals surface area (Å²) >= 11 is 1.75. The summed E-state index contributed by atoms with van der Waals surface area (Å²) in [7, 11) is 1.56. The molecule has 1 heterocycles. The number of benzene rings is 1. The van der Waals surface area contributed by atoms with Gasteiger partial charge in [-0.2, -0.15) is 0 Å². The van der Waals surface area contributed by atoms with Gasteiger partial charge in [0.25, 0.3) is 0 Å². The van der Waals surface area contributed by atoms with Gasteiger partial charge >= 0.3 is 0 Å². The Kier molecular flexibility index (Phi) is 25.6. The molecule has 1 unspecified atom stereocenters. The molecule has 0 radical (unpaired) electrons. The van der Waals surface area contributed by atoms with Crippen LogP contribution in [0.2, 0.25) is 0 Å². The minimum Gasteiger partial charge on any atom is -0.504 e. The summed E-state index contributed by atoms with van der Waals surface area (Å²) in [6.45, 7) is 21.7. The SMILES string of the molecule is C=CCC(C)c1cc(C(/C=C\CC)=C/C(O)=C(\C)OC)cs1.CC.CC(C)=N.CCCC.c1ccc(C2CC2)cc1. The number of aliphatic hydroxyl groups excluding tert-OH is 1. The van der Waals surface area contributed by atoms with Crippen molar-refractivity contribution in [1.29, 1.82) is 5.41 Å². The molecule has 4 heteroatoms. The van der Waals surface area contributed by atoms with Gasteiger partial charge in [-0.3, -0.25) is 0 Å². The molecule has 2 aromatic rings. The van der Waals surface area contributed by atoms with Crippen LogP contribution in [0.3, 0.4) is 0 Å². The predicted molar refractivity (Wildman–Crippen MR) is 187 cm³/mol. The number of hydrogen-bond acceptors (Lipinski definition) is 4. The molecule has 0 bridgehead atoms. The molecule has 1 fully saturated rings. The maximum Gasteiger partial charge on any atom is 0.153 e. The van der Waals surface area contributed by atoms with Crippen LogP contribution in [0.15, 0.2) is 84.2 Å². The Hall–Kier alpha value is -2.85. The molecule has 1 aliphatic carbocycles. The van der Waals surface area contributed by atoms with E-state index in [1.54, 1.807) is 45.3 Å². The maximum atomic E-state index is 10.1. The molecule has 230 valence electrons. The standard InChI is InChI=1S/C19H26O2S.C9H10.C4H10.C3H7N.C2H6/c1-6-8-10-16(11-18(20)15(4)21-5)17-12-19(22-13-17)14(3)9-7-2;1-2-4-8(5-3-1)9-6-7-9;1-3-4-2;1-3(2)4;1-2/h7-8,10-14,20H,2,6,9H2,1,3-5H3;1-5,9H,6-7H2;3-4H2,1-2H3;4H,1-2H3;1-2H3/b10-8-,16-11+,18-15-;;;;. The van der Waals surface area contributed by atoms with Crippen molar-refractivity contribution in [3.63, 3.8) is 0 Å². The summed E-state index contributed by atoms with van der Waals surface area (Å²) in [6, 6.07) is 12.9. The summed E-state index contributed by atoms with van der Waals surface area (Å²) in [5, 5.41) is 18.7. The van der Waals surface area contributed by atoms with E-state index in [0.29, 0.717) is 17.4 Å². The average molecular weight is 582 g/mol. The molecule has 41 heavy (non-hydrogen) atoms. The minimum atomic E-state index is 0.158. The molecule has 1 aromatic carbocycles. The van der Waals surface area contributed by atoms with E-state index in [9.17, 15) is 5.11 Å². The van der Waals surface area contributed by atoms with Gasteiger partial charge in [0, 0.05) is 10.6 Å². The first-order chi connectivity index (χ1) is 19.6. The van der Waals surface area contributed by atoms with E-state index >= 15 is 0 Å². The molecule has 0 spiro atoms. The van der Waals surface area contributed by atoms with Crippen LogP contribution in [0.25, 0.3) is 5.57 Å². The second-order valence-electron chi connectivity index (χ2n) is 9.90. The van der Waals surface area contributed by atoms with Crippen molar-refractivity contribution in [2.45, 2.75) is 113 Å². The fraction of sp³-hybridized carbons (Fsp3) is 0.486. The fourth-order valence-corrected chi connectivity index (χ4v) is 4.09. The van der Waals surface area contributed by atoms with E-state index in [4.69, 9.17) is 10.1 Å². The second kappa shape index (κ2) is 26.1. The van der Waals surface area contributed by atoms with Gasteiger partial charge in [-0.25, -0.2) is 0 Å². The van der Waals surface area contributed by atoms with Crippen LogP contribution >= 0.6 is 11.3 Å². The Labute approximate surface area is 257 Å². The molecule has 1 aromatic heterocycles. The quantitative estimate of drug-likeness (QED) is 0.127. The Morgan fingerprint density at radius 3 is 2.10 bits per heavy atom. The molecule has 1 saturated carbocycles. The number of nitrogens with one attached hydrogen (secondary N) is 1. The topological polar surface area (TPSA) is 53.3 Å². The lowest BCUT2D eigenvalue weighted by atomic mass is 10.0. The Morgan fingerprint density at radius 1 is 1.10 bits per heavy atom. The minimum absolute atomic E-state index is 0.158. The van der Waals surface area contributed by atoms with Crippen molar-refractivity contribution < 1.29 is 9.84 Å². The molecule has 3 nitrogen and oxygen atoms in total. The number of thiophene rings is 1. The summed E-state index contributed by atoms with van der Waals surface area (Å²) in [6.07, 6.45) is 15.2. The predicted octanol–water partition coefficient (Wildman–Crippen LogP) is 12.7. The zero-order chi connectivity index (χ0) is 31.6. The van der Waals surface area contributed by atoms with Gasteiger partial charge in [-0.15, -0.1) is 17.9 Å². The first-order valence-electron chi connectivity index (χ1n) is 15.2. The Bertz CT molecular complexity index is 1020. The smallest absolute Gasteiger partial charge is 0.153 e. The van der Waals surface area contributed by atoms with Gasteiger partial charge in [0.05, 0.1) is 7.11 Å². The lowest BCUT2D eigenvalue weighted by Gasteiger charge is -2.05. The van der Waals surface area contributed by atoms with E-state index in [2.05, 4.69) is 82.1 Å². The number of allylic oxidation sites excluding steroid dienone is 6. The highest BCUT2D eigenvalue weighted by Crippen LogP contribution is 2.39. The highest BCUT2D eigenvalue weighted by Gasteiger charge is 2.22. The van der Waals surface area contributed by atoms with Gasteiger partial charge in [-0.1, -0.05) is 103 Å². The van der Waals surface area contributed by atoms with Crippen molar-refractivity contribution in [3.05, 3.63) is 100 Å². The van der Waals surface area contributed by atoms with Crippen LogP contribution < -0.4 is 0 Å². The molecule has 3 rings (SSSR count). The number of unbranched alkanes of at least 4 members (excludes halogenated alkanes) is 1. The van der Waals surface area contributed by atoms with Crippen LogP contribution in [-0.4, -0.2) is 17.9 Å². The number of aliphatic hydroxyl groups is 1. The number of rotatable bonds is 10. The summed E-state index contributed by atoms with van der Waals surface area (Å²) in [4.78, 5) is 1.33. The summed E-state index contributed by atoms with van der Waals surface area (Å²) in [5.41, 5.74) is 4.30. The monoisotopic (exact) mass is 581 g/mol. The van der Waals surface area contributed by atoms with Crippen molar-refractivity contribution in [1.82, 2.24) is 0 Å². The highest BCUT2D eigenvalue weighted by molar-refractivity contribution is 7.10. The van der Waals surface area contributed by atoms with Gasteiger partial charge < -0.3 is 15.3 Å². The van der Waals surface area contributed by atoms with Gasteiger partial charge in [0.1, 0.15) is 5.76 Å². The third-order valence-corrected chi connectivity index (χ3v) is 6.96. The highest BCUT2D eigenvalue weighted by atomic mass is 32.1. The van der Waals surface area contributed by atoms with Crippen molar-refractivity contribution in [2.24, 2.45) is 0 Å². The van der Waals surface area contributed by atoms with Crippen LogP contribution in [0, 0.1) is 5.41 Å². The zero-order valence-corrected chi connectivity index (χ0v) is 28.5. The van der Waals surface area contributed by atoms with Gasteiger partial charge in [0.15, 0.2) is 5.76 Å².